The normalized spacial score (nSPS) is 16.2. The molecule has 0 bridgehead atoms. The molecule has 0 spiro atoms. The molecule has 34 heavy (non-hydrogen) atoms. The van der Waals surface area contributed by atoms with Gasteiger partial charge < -0.3 is 30.4 Å². The van der Waals surface area contributed by atoms with Crippen LogP contribution in [0.3, 0.4) is 0 Å². The van der Waals surface area contributed by atoms with Crippen LogP contribution in [0.5, 0.6) is 0 Å². The van der Waals surface area contributed by atoms with Gasteiger partial charge in [0.2, 0.25) is 5.91 Å². The average molecular weight is 487 g/mol. The van der Waals surface area contributed by atoms with Crippen molar-refractivity contribution in [2.45, 2.75) is 30.8 Å². The first-order valence-electron chi connectivity index (χ1n) is 11.0. The molecule has 11 heteroatoms. The first-order valence-corrected chi connectivity index (χ1v) is 11.4. The Morgan fingerprint density at radius 2 is 1.97 bits per heavy atom. The number of fused-ring (bicyclic) bond motifs is 1. The van der Waals surface area contributed by atoms with Gasteiger partial charge in [-0.05, 0) is 43.0 Å². The fraction of sp³-hybridized carbons (Fsp3) is 0.391. The molecule has 2 aromatic heterocycles. The van der Waals surface area contributed by atoms with Crippen LogP contribution in [0.4, 0.5) is 10.6 Å². The Morgan fingerprint density at radius 3 is 2.65 bits per heavy atom. The maximum atomic E-state index is 13.5. The number of amides is 2. The molecule has 4 rings (SSSR count). The Hall–Kier alpha value is -3.37. The number of halogens is 1. The summed E-state index contributed by atoms with van der Waals surface area (Å²) in [6, 6.07) is 8.77. The van der Waals surface area contributed by atoms with Crippen molar-refractivity contribution < 1.29 is 19.4 Å². The number of rotatable bonds is 8. The zero-order valence-electron chi connectivity index (χ0n) is 18.8. The number of carbonyl (C=O) groups is 2. The third-order valence-electron chi connectivity index (χ3n) is 6.22. The summed E-state index contributed by atoms with van der Waals surface area (Å²) in [5.41, 5.74) is 0.338. The van der Waals surface area contributed by atoms with Gasteiger partial charge in [-0.15, -0.1) is 0 Å². The standard InChI is InChI=1S/C23H27ClN6O4/c1-34-13-7-18(15-2-4-16(24)5-3-15)28-21(31)23(29-22(32)33)8-11-30(12-9-23)20-17-6-10-25-19(17)26-14-27-20/h2-6,10,14,18,29H,7-9,11-13H2,1H3,(H,28,31)(H,32,33)(H,25,26,27). The minimum absolute atomic E-state index is 0.290. The van der Waals surface area contributed by atoms with Gasteiger partial charge >= 0.3 is 6.09 Å². The van der Waals surface area contributed by atoms with Crippen molar-refractivity contribution in [3.63, 3.8) is 0 Å². The molecule has 1 fully saturated rings. The Labute approximate surface area is 201 Å². The van der Waals surface area contributed by atoms with Crippen molar-refractivity contribution in [3.05, 3.63) is 53.4 Å². The minimum atomic E-state index is -1.26. The van der Waals surface area contributed by atoms with Gasteiger partial charge in [0.1, 0.15) is 23.3 Å². The van der Waals surface area contributed by atoms with Crippen molar-refractivity contribution in [1.82, 2.24) is 25.6 Å². The van der Waals surface area contributed by atoms with Crippen molar-refractivity contribution >= 4 is 40.5 Å². The van der Waals surface area contributed by atoms with E-state index in [1.54, 1.807) is 25.4 Å². The maximum absolute atomic E-state index is 13.5. The highest BCUT2D eigenvalue weighted by Gasteiger charge is 2.44. The van der Waals surface area contributed by atoms with Crippen LogP contribution in [0.2, 0.25) is 5.02 Å². The fourth-order valence-corrected chi connectivity index (χ4v) is 4.50. The van der Waals surface area contributed by atoms with Crippen molar-refractivity contribution in [2.24, 2.45) is 0 Å². The van der Waals surface area contributed by atoms with Crippen molar-refractivity contribution in [3.8, 4) is 0 Å². The molecule has 0 aliphatic carbocycles. The molecule has 4 N–H and O–H groups in total. The number of hydrogen-bond donors (Lipinski definition) is 4. The molecule has 0 saturated carbocycles. The number of aromatic amines is 1. The number of nitrogens with one attached hydrogen (secondary N) is 3. The Kier molecular flexibility index (Phi) is 7.18. The third kappa shape index (κ3) is 5.07. The number of anilines is 1. The molecule has 2 amide bonds. The molecule has 3 aromatic rings. The lowest BCUT2D eigenvalue weighted by Gasteiger charge is -2.41. The van der Waals surface area contributed by atoms with Crippen LogP contribution >= 0.6 is 11.6 Å². The van der Waals surface area contributed by atoms with Gasteiger partial charge in [-0.25, -0.2) is 14.8 Å². The second-order valence-electron chi connectivity index (χ2n) is 8.30. The molecule has 0 radical (unpaired) electrons. The van der Waals surface area contributed by atoms with E-state index in [-0.39, 0.29) is 11.9 Å². The smallest absolute Gasteiger partial charge is 0.405 e. The van der Waals surface area contributed by atoms with Crippen LogP contribution in [0.1, 0.15) is 30.9 Å². The van der Waals surface area contributed by atoms with E-state index in [1.165, 1.54) is 6.33 Å². The quantitative estimate of drug-likeness (QED) is 0.384. The maximum Gasteiger partial charge on any atom is 0.405 e. The molecular formula is C23H27ClN6O4. The van der Waals surface area contributed by atoms with Crippen LogP contribution in [0.25, 0.3) is 11.0 Å². The highest BCUT2D eigenvalue weighted by atomic mass is 35.5. The van der Waals surface area contributed by atoms with Gasteiger partial charge in [0.15, 0.2) is 0 Å². The lowest BCUT2D eigenvalue weighted by atomic mass is 9.85. The Morgan fingerprint density at radius 1 is 1.24 bits per heavy atom. The summed E-state index contributed by atoms with van der Waals surface area (Å²) < 4.78 is 5.22. The molecule has 1 aliphatic rings. The first kappa shape index (κ1) is 23.8. The molecular weight excluding hydrogens is 460 g/mol. The number of hydrogen-bond acceptors (Lipinski definition) is 6. The number of piperidine rings is 1. The van der Waals surface area contributed by atoms with E-state index in [9.17, 15) is 14.7 Å². The number of methoxy groups -OCH3 is 1. The number of H-pyrrole nitrogens is 1. The molecule has 180 valence electrons. The predicted octanol–water partition coefficient (Wildman–Crippen LogP) is 3.11. The van der Waals surface area contributed by atoms with Gasteiger partial charge in [0.05, 0.1) is 11.4 Å². The topological polar surface area (TPSA) is 132 Å². The lowest BCUT2D eigenvalue weighted by molar-refractivity contribution is -0.129. The van der Waals surface area contributed by atoms with Gasteiger partial charge in [-0.3, -0.25) is 4.79 Å². The lowest BCUT2D eigenvalue weighted by Crippen LogP contribution is -2.63. The molecule has 1 aromatic carbocycles. The van der Waals surface area contributed by atoms with Gasteiger partial charge in [0, 0.05) is 38.0 Å². The molecule has 1 aliphatic heterocycles. The number of aromatic nitrogens is 3. The van der Waals surface area contributed by atoms with E-state index in [2.05, 4.69) is 30.5 Å². The molecule has 1 saturated heterocycles. The minimum Gasteiger partial charge on any atom is -0.465 e. The van der Waals surface area contributed by atoms with E-state index in [1.807, 2.05) is 18.2 Å². The number of carbonyl (C=O) groups excluding carboxylic acids is 1. The Bertz CT molecular complexity index is 1140. The molecule has 10 nitrogen and oxygen atoms in total. The van der Waals surface area contributed by atoms with Crippen LogP contribution in [-0.4, -0.2) is 64.4 Å². The van der Waals surface area contributed by atoms with E-state index in [0.717, 1.165) is 22.4 Å². The summed E-state index contributed by atoms with van der Waals surface area (Å²) in [5.74, 6) is 0.398. The monoisotopic (exact) mass is 486 g/mol. The van der Waals surface area contributed by atoms with Crippen LogP contribution < -0.4 is 15.5 Å². The summed E-state index contributed by atoms with van der Waals surface area (Å²) in [6.07, 6.45) is 3.17. The largest absolute Gasteiger partial charge is 0.465 e. The SMILES string of the molecule is COCCC(NC(=O)C1(NC(=O)O)CCN(c2ncnc3[nH]ccc23)CC1)c1ccc(Cl)cc1. The van der Waals surface area contributed by atoms with E-state index in [0.29, 0.717) is 44.0 Å². The zero-order valence-corrected chi connectivity index (χ0v) is 19.5. The van der Waals surface area contributed by atoms with Crippen molar-refractivity contribution in [1.29, 1.82) is 0 Å². The van der Waals surface area contributed by atoms with Gasteiger partial charge in [-0.2, -0.15) is 0 Å². The molecule has 1 atom stereocenters. The van der Waals surface area contributed by atoms with Crippen LogP contribution in [-0.2, 0) is 9.53 Å². The predicted molar refractivity (Wildman–Crippen MR) is 128 cm³/mol. The van der Waals surface area contributed by atoms with Crippen LogP contribution in [0, 0.1) is 0 Å². The average Bonchev–Trinajstić information content (AvgIpc) is 3.31. The van der Waals surface area contributed by atoms with E-state index >= 15 is 0 Å². The summed E-state index contributed by atoms with van der Waals surface area (Å²) >= 11 is 6.02. The van der Waals surface area contributed by atoms with E-state index in [4.69, 9.17) is 16.3 Å². The highest BCUT2D eigenvalue weighted by Crippen LogP contribution is 2.30. The number of carboxylic acid groups (broad SMARTS) is 1. The Balaban J connectivity index is 1.53. The highest BCUT2D eigenvalue weighted by molar-refractivity contribution is 6.30. The van der Waals surface area contributed by atoms with E-state index < -0.39 is 11.6 Å². The third-order valence-corrected chi connectivity index (χ3v) is 6.47. The fourth-order valence-electron chi connectivity index (χ4n) is 4.37. The van der Waals surface area contributed by atoms with Gasteiger partial charge in [-0.1, -0.05) is 23.7 Å². The second kappa shape index (κ2) is 10.3. The first-order chi connectivity index (χ1) is 16.4. The molecule has 3 heterocycles. The second-order valence-corrected chi connectivity index (χ2v) is 8.73. The van der Waals surface area contributed by atoms with Gasteiger partial charge in [0.25, 0.3) is 0 Å². The number of nitrogens with zero attached hydrogens (tertiary/aromatic N) is 3. The number of ether oxygens (including phenoxy) is 1. The summed E-state index contributed by atoms with van der Waals surface area (Å²) in [5, 5.41) is 16.6. The zero-order chi connectivity index (χ0) is 24.1. The number of benzene rings is 1. The summed E-state index contributed by atoms with van der Waals surface area (Å²) in [4.78, 5) is 39.0. The van der Waals surface area contributed by atoms with Crippen molar-refractivity contribution in [2.75, 3.05) is 31.7 Å². The summed E-state index contributed by atoms with van der Waals surface area (Å²) in [7, 11) is 1.60. The van der Waals surface area contributed by atoms with Crippen LogP contribution in [0.15, 0.2) is 42.9 Å². The summed E-state index contributed by atoms with van der Waals surface area (Å²) in [6.45, 7) is 1.34. The molecule has 1 unspecified atom stereocenters.